The minimum absolute atomic E-state index is 0.00139. The van der Waals surface area contributed by atoms with Crippen molar-refractivity contribution in [1.82, 2.24) is 19.8 Å². The second-order valence-electron chi connectivity index (χ2n) is 11.0. The summed E-state index contributed by atoms with van der Waals surface area (Å²) >= 11 is 6.13. The first-order chi connectivity index (χ1) is 18.6. The maximum atomic E-state index is 13.7. The van der Waals surface area contributed by atoms with Crippen LogP contribution >= 0.6 is 11.6 Å². The first-order valence-corrected chi connectivity index (χ1v) is 15.6. The molecular formula is C29H36ClN5O3S. The van der Waals surface area contributed by atoms with E-state index in [1.165, 1.54) is 6.33 Å². The van der Waals surface area contributed by atoms with Crippen molar-refractivity contribution < 1.29 is 13.2 Å². The fraction of sp³-hybridized carbons (Fsp3) is 0.483. The molecule has 3 aromatic rings. The number of carbonyl (C=O) groups excluding carboxylic acids is 1. The van der Waals surface area contributed by atoms with Crippen molar-refractivity contribution in [3.8, 4) is 0 Å². The van der Waals surface area contributed by atoms with E-state index >= 15 is 0 Å². The number of fused-ring (bicyclic) bond motifs is 1. The lowest BCUT2D eigenvalue weighted by atomic mass is 9.81. The molecule has 1 aromatic heterocycles. The summed E-state index contributed by atoms with van der Waals surface area (Å²) in [5.74, 6) is 0.476. The fourth-order valence-electron chi connectivity index (χ4n) is 6.09. The Labute approximate surface area is 235 Å². The monoisotopic (exact) mass is 569 g/mol. The van der Waals surface area contributed by atoms with Gasteiger partial charge in [-0.15, -0.1) is 0 Å². The number of anilines is 1. The van der Waals surface area contributed by atoms with Crippen molar-refractivity contribution in [2.45, 2.75) is 68.6 Å². The van der Waals surface area contributed by atoms with Crippen LogP contribution in [-0.4, -0.2) is 77.6 Å². The molecule has 2 aliphatic rings. The van der Waals surface area contributed by atoms with Gasteiger partial charge in [0.15, 0.2) is 9.84 Å². The molecule has 2 fully saturated rings. The van der Waals surface area contributed by atoms with Crippen LogP contribution in [0.3, 0.4) is 0 Å². The number of rotatable bonds is 8. The number of amides is 1. The zero-order chi connectivity index (χ0) is 27.7. The van der Waals surface area contributed by atoms with Gasteiger partial charge in [-0.3, -0.25) is 4.79 Å². The molecule has 0 spiro atoms. The first kappa shape index (κ1) is 27.8. The number of nitrogens with one attached hydrogen (secondary N) is 1. The molecule has 2 aromatic carbocycles. The topological polar surface area (TPSA) is 95.5 Å². The average Bonchev–Trinajstić information content (AvgIpc) is 3.27. The minimum atomic E-state index is -3.50. The molecule has 8 nitrogen and oxygen atoms in total. The van der Waals surface area contributed by atoms with Crippen molar-refractivity contribution in [3.63, 3.8) is 0 Å². The summed E-state index contributed by atoms with van der Waals surface area (Å²) in [5.41, 5.74) is 0.709. The Balaban J connectivity index is 1.37. The van der Waals surface area contributed by atoms with E-state index in [0.29, 0.717) is 40.3 Å². The predicted octanol–water partition coefficient (Wildman–Crippen LogP) is 4.65. The van der Waals surface area contributed by atoms with Gasteiger partial charge in [-0.25, -0.2) is 18.4 Å². The quantitative estimate of drug-likeness (QED) is 0.422. The van der Waals surface area contributed by atoms with Crippen LogP contribution in [0.1, 0.15) is 39.5 Å². The Kier molecular flexibility index (Phi) is 8.12. The molecular weight excluding hydrogens is 534 g/mol. The van der Waals surface area contributed by atoms with Crippen molar-refractivity contribution in [1.29, 1.82) is 0 Å². The van der Waals surface area contributed by atoms with Crippen LogP contribution in [0.5, 0.6) is 0 Å². The van der Waals surface area contributed by atoms with Crippen molar-refractivity contribution in [2.75, 3.05) is 24.7 Å². The second kappa shape index (κ2) is 11.4. The van der Waals surface area contributed by atoms with Gasteiger partial charge in [-0.05, 0) is 82.8 Å². The van der Waals surface area contributed by atoms with Crippen LogP contribution in [0.25, 0.3) is 10.9 Å². The van der Waals surface area contributed by atoms with E-state index in [2.05, 4.69) is 41.1 Å². The number of halogens is 1. The molecule has 1 aliphatic carbocycles. The smallest absolute Gasteiger partial charge is 0.245 e. The third-order valence-corrected chi connectivity index (χ3v) is 10.5. The zero-order valence-corrected chi connectivity index (χ0v) is 24.2. The standard InChI is InChI=1S/C29H36ClN5O3S/c1-19(2)34(3)22-10-12-27(20(15-22)17-39(37,38)23-7-5-4-6-8-23)35-14-13-25(29(35)36)33-28-24-11-9-21(30)16-26(24)31-18-32-28/h4-9,11,16,18-20,22,25,27H,10,12-15,17H2,1-3H3,(H,31,32,33)/t20-,22-,25+,27+/m1/s1. The molecule has 0 radical (unpaired) electrons. The minimum Gasteiger partial charge on any atom is -0.358 e. The third kappa shape index (κ3) is 5.90. The summed E-state index contributed by atoms with van der Waals surface area (Å²) in [4.78, 5) is 27.0. The van der Waals surface area contributed by atoms with E-state index in [4.69, 9.17) is 11.6 Å². The van der Waals surface area contributed by atoms with Gasteiger partial charge in [-0.2, -0.15) is 0 Å². The van der Waals surface area contributed by atoms with E-state index in [9.17, 15) is 13.2 Å². The van der Waals surface area contributed by atoms with Crippen LogP contribution in [0.4, 0.5) is 5.82 Å². The van der Waals surface area contributed by atoms with Gasteiger partial charge in [0.25, 0.3) is 0 Å². The summed E-state index contributed by atoms with van der Waals surface area (Å²) in [7, 11) is -1.39. The maximum Gasteiger partial charge on any atom is 0.245 e. The second-order valence-corrected chi connectivity index (χ2v) is 13.5. The van der Waals surface area contributed by atoms with Gasteiger partial charge in [0, 0.05) is 35.1 Å². The first-order valence-electron chi connectivity index (χ1n) is 13.6. The van der Waals surface area contributed by atoms with E-state index in [1.807, 2.05) is 17.0 Å². The Morgan fingerprint density at radius 1 is 1.10 bits per heavy atom. The Hall–Kier alpha value is -2.75. The Morgan fingerprint density at radius 2 is 1.87 bits per heavy atom. The zero-order valence-electron chi connectivity index (χ0n) is 22.6. The summed E-state index contributed by atoms with van der Waals surface area (Å²) in [6.07, 6.45) is 4.55. The van der Waals surface area contributed by atoms with E-state index in [0.717, 1.165) is 24.6 Å². The number of aromatic nitrogens is 2. The number of benzene rings is 2. The number of nitrogens with zero attached hydrogens (tertiary/aromatic N) is 4. The highest BCUT2D eigenvalue weighted by Gasteiger charge is 2.44. The highest BCUT2D eigenvalue weighted by atomic mass is 35.5. The van der Waals surface area contributed by atoms with Gasteiger partial charge in [0.05, 0.1) is 16.2 Å². The molecule has 208 valence electrons. The number of hydrogen-bond donors (Lipinski definition) is 1. The summed E-state index contributed by atoms with van der Waals surface area (Å²) in [6.45, 7) is 4.91. The summed E-state index contributed by atoms with van der Waals surface area (Å²) in [5, 5.41) is 4.73. The lowest BCUT2D eigenvalue weighted by Crippen LogP contribution is -2.52. The molecule has 1 saturated heterocycles. The number of sulfone groups is 1. The fourth-order valence-corrected chi connectivity index (χ4v) is 7.94. The van der Waals surface area contributed by atoms with Gasteiger partial charge >= 0.3 is 0 Å². The van der Waals surface area contributed by atoms with Gasteiger partial charge in [0.2, 0.25) is 5.91 Å². The maximum absolute atomic E-state index is 13.7. The molecule has 1 N–H and O–H groups in total. The third-order valence-electron chi connectivity index (χ3n) is 8.39. The Morgan fingerprint density at radius 3 is 2.62 bits per heavy atom. The number of hydrogen-bond acceptors (Lipinski definition) is 7. The van der Waals surface area contributed by atoms with Gasteiger partial charge in [-0.1, -0.05) is 29.8 Å². The van der Waals surface area contributed by atoms with Crippen LogP contribution in [-0.2, 0) is 14.6 Å². The molecule has 1 saturated carbocycles. The van der Waals surface area contributed by atoms with E-state index < -0.39 is 15.9 Å². The highest BCUT2D eigenvalue weighted by Crippen LogP contribution is 2.36. The van der Waals surface area contributed by atoms with Crippen LogP contribution in [0, 0.1) is 5.92 Å². The molecule has 0 unspecified atom stereocenters. The molecule has 2 heterocycles. The van der Waals surface area contributed by atoms with Crippen LogP contribution in [0.2, 0.25) is 5.02 Å². The van der Waals surface area contributed by atoms with Crippen molar-refractivity contribution in [3.05, 3.63) is 59.9 Å². The van der Waals surface area contributed by atoms with E-state index in [1.54, 1.807) is 36.4 Å². The lowest BCUT2D eigenvalue weighted by Gasteiger charge is -2.44. The summed E-state index contributed by atoms with van der Waals surface area (Å²) in [6, 6.07) is 14.1. The van der Waals surface area contributed by atoms with Gasteiger partial charge in [0.1, 0.15) is 18.2 Å². The largest absolute Gasteiger partial charge is 0.358 e. The number of likely N-dealkylation sites (tertiary alicyclic amines) is 1. The molecule has 39 heavy (non-hydrogen) atoms. The number of carbonyl (C=O) groups is 1. The molecule has 1 amide bonds. The summed E-state index contributed by atoms with van der Waals surface area (Å²) < 4.78 is 26.9. The van der Waals surface area contributed by atoms with Gasteiger partial charge < -0.3 is 15.1 Å². The van der Waals surface area contributed by atoms with Crippen LogP contribution in [0.15, 0.2) is 59.8 Å². The van der Waals surface area contributed by atoms with Crippen molar-refractivity contribution in [2.24, 2.45) is 5.92 Å². The Bertz CT molecular complexity index is 1440. The average molecular weight is 570 g/mol. The normalized spacial score (nSPS) is 24.2. The highest BCUT2D eigenvalue weighted by molar-refractivity contribution is 7.91. The molecule has 5 rings (SSSR count). The molecule has 10 heteroatoms. The van der Waals surface area contributed by atoms with Crippen LogP contribution < -0.4 is 5.32 Å². The predicted molar refractivity (Wildman–Crippen MR) is 155 cm³/mol. The molecule has 1 aliphatic heterocycles. The lowest BCUT2D eigenvalue weighted by molar-refractivity contribution is -0.132. The SMILES string of the molecule is CC(C)N(C)[C@@H]1CC[C@H](N2CC[C@H](Nc3ncnc4cc(Cl)ccc34)C2=O)[C@@H](CS(=O)(=O)c2ccccc2)C1. The molecule has 4 atom stereocenters. The van der Waals surface area contributed by atoms with Crippen molar-refractivity contribution >= 4 is 44.1 Å². The van der Waals surface area contributed by atoms with E-state index in [-0.39, 0.29) is 29.7 Å². The molecule has 0 bridgehead atoms.